The van der Waals surface area contributed by atoms with E-state index in [0.717, 1.165) is 23.4 Å². The van der Waals surface area contributed by atoms with Gasteiger partial charge in [-0.05, 0) is 37.8 Å². The van der Waals surface area contributed by atoms with E-state index in [2.05, 4.69) is 21.3 Å². The fourth-order valence-corrected chi connectivity index (χ4v) is 4.45. The monoisotopic (exact) mass is 503 g/mol. The predicted molar refractivity (Wildman–Crippen MR) is 127 cm³/mol. The molecule has 12 heteroatoms. The van der Waals surface area contributed by atoms with Crippen LogP contribution in [0.1, 0.15) is 31.2 Å². The lowest BCUT2D eigenvalue weighted by Gasteiger charge is -2.27. The number of aliphatic hydroxyl groups excluding tert-OH is 1. The van der Waals surface area contributed by atoms with Gasteiger partial charge in [0.1, 0.15) is 18.1 Å². The van der Waals surface area contributed by atoms with E-state index in [4.69, 9.17) is 0 Å². The first-order chi connectivity index (χ1) is 17.3. The highest BCUT2D eigenvalue weighted by molar-refractivity contribution is 5.94. The first-order valence-electron chi connectivity index (χ1n) is 12.1. The number of nitrogens with zero attached hydrogens (tertiary/aromatic N) is 1. The molecule has 2 heterocycles. The SMILES string of the molecule is O=C(CNC(=O)[C@@H]1CCCN1)N[C@@H](Cc1ccccc1)C(=O)N[C@@H](CO)C(=O)N1CCC[C@H]1C(=O)O. The molecule has 2 aliphatic rings. The van der Waals surface area contributed by atoms with Crippen molar-refractivity contribution in [1.29, 1.82) is 0 Å². The number of carbonyl (C=O) groups is 5. The van der Waals surface area contributed by atoms with Gasteiger partial charge in [0.05, 0.1) is 19.2 Å². The second-order valence-electron chi connectivity index (χ2n) is 8.95. The zero-order chi connectivity index (χ0) is 26.1. The molecular weight excluding hydrogens is 470 g/mol. The van der Waals surface area contributed by atoms with Crippen molar-refractivity contribution in [3.8, 4) is 0 Å². The van der Waals surface area contributed by atoms with E-state index in [0.29, 0.717) is 19.3 Å². The largest absolute Gasteiger partial charge is 0.480 e. The van der Waals surface area contributed by atoms with E-state index in [1.54, 1.807) is 30.3 Å². The van der Waals surface area contributed by atoms with Gasteiger partial charge < -0.3 is 36.4 Å². The molecule has 4 atom stereocenters. The molecule has 2 aliphatic heterocycles. The molecule has 36 heavy (non-hydrogen) atoms. The third-order valence-electron chi connectivity index (χ3n) is 6.35. The fraction of sp³-hybridized carbons (Fsp3) is 0.542. The van der Waals surface area contributed by atoms with Crippen molar-refractivity contribution < 1.29 is 34.2 Å². The number of amides is 4. The van der Waals surface area contributed by atoms with Gasteiger partial charge in [0.2, 0.25) is 23.6 Å². The minimum atomic E-state index is -1.36. The van der Waals surface area contributed by atoms with Crippen LogP contribution in [0.5, 0.6) is 0 Å². The highest BCUT2D eigenvalue weighted by atomic mass is 16.4. The second-order valence-corrected chi connectivity index (χ2v) is 8.95. The van der Waals surface area contributed by atoms with Crippen LogP contribution in [0.2, 0.25) is 0 Å². The van der Waals surface area contributed by atoms with Gasteiger partial charge in [-0.2, -0.15) is 0 Å². The van der Waals surface area contributed by atoms with Gasteiger partial charge in [0, 0.05) is 13.0 Å². The molecule has 0 unspecified atom stereocenters. The average Bonchev–Trinajstić information content (AvgIpc) is 3.58. The van der Waals surface area contributed by atoms with Crippen LogP contribution < -0.4 is 21.3 Å². The number of carboxylic acid groups (broad SMARTS) is 1. The maximum atomic E-state index is 13.1. The molecule has 6 N–H and O–H groups in total. The topological polar surface area (TPSA) is 177 Å². The molecule has 3 rings (SSSR count). The summed E-state index contributed by atoms with van der Waals surface area (Å²) in [6.45, 7) is -0.114. The molecule has 0 saturated carbocycles. The summed E-state index contributed by atoms with van der Waals surface area (Å²) in [6.07, 6.45) is 2.46. The van der Waals surface area contributed by atoms with Crippen molar-refractivity contribution in [2.24, 2.45) is 0 Å². The maximum absolute atomic E-state index is 13.1. The van der Waals surface area contributed by atoms with Crippen LogP contribution in [-0.4, -0.2) is 95.1 Å². The summed E-state index contributed by atoms with van der Waals surface area (Å²) in [5.41, 5.74) is 0.745. The van der Waals surface area contributed by atoms with Crippen molar-refractivity contribution in [1.82, 2.24) is 26.2 Å². The number of likely N-dealkylation sites (tertiary alicyclic amines) is 1. The number of carbonyl (C=O) groups excluding carboxylic acids is 4. The summed E-state index contributed by atoms with van der Waals surface area (Å²) in [5, 5.41) is 29.8. The van der Waals surface area contributed by atoms with Crippen LogP contribution >= 0.6 is 0 Å². The summed E-state index contributed by atoms with van der Waals surface area (Å²) >= 11 is 0. The smallest absolute Gasteiger partial charge is 0.326 e. The maximum Gasteiger partial charge on any atom is 0.326 e. The van der Waals surface area contributed by atoms with Crippen LogP contribution in [0.4, 0.5) is 0 Å². The van der Waals surface area contributed by atoms with Crippen LogP contribution in [-0.2, 0) is 30.4 Å². The Kier molecular flexibility index (Phi) is 9.77. The minimum absolute atomic E-state index is 0.102. The number of benzene rings is 1. The second kappa shape index (κ2) is 13.0. The van der Waals surface area contributed by atoms with Crippen molar-refractivity contribution in [2.45, 2.75) is 56.3 Å². The molecule has 0 spiro atoms. The molecule has 0 radical (unpaired) electrons. The quantitative estimate of drug-likeness (QED) is 0.203. The Hall–Kier alpha value is -3.51. The van der Waals surface area contributed by atoms with Gasteiger partial charge in [0.25, 0.3) is 0 Å². The van der Waals surface area contributed by atoms with Crippen LogP contribution in [0.15, 0.2) is 30.3 Å². The highest BCUT2D eigenvalue weighted by Crippen LogP contribution is 2.18. The third kappa shape index (κ3) is 7.25. The Morgan fingerprint density at radius 3 is 2.42 bits per heavy atom. The third-order valence-corrected chi connectivity index (χ3v) is 6.35. The Balaban J connectivity index is 1.64. The van der Waals surface area contributed by atoms with E-state index in [1.807, 2.05) is 0 Å². The van der Waals surface area contributed by atoms with Crippen LogP contribution in [0.25, 0.3) is 0 Å². The van der Waals surface area contributed by atoms with Crippen molar-refractivity contribution in [3.63, 3.8) is 0 Å². The number of hydrogen-bond acceptors (Lipinski definition) is 7. The Morgan fingerprint density at radius 1 is 1.03 bits per heavy atom. The van der Waals surface area contributed by atoms with Crippen molar-refractivity contribution >= 4 is 29.6 Å². The van der Waals surface area contributed by atoms with Crippen molar-refractivity contribution in [3.05, 3.63) is 35.9 Å². The lowest BCUT2D eigenvalue weighted by atomic mass is 10.0. The normalized spacial score (nSPS) is 20.9. The predicted octanol–water partition coefficient (Wildman–Crippen LogP) is -1.87. The standard InChI is InChI=1S/C24H33N5O7/c30-14-18(23(34)29-11-5-9-19(29)24(35)36)28-22(33)17(12-15-6-2-1-3-7-15)27-20(31)13-26-21(32)16-8-4-10-25-16/h1-3,6-7,16-19,25,30H,4-5,8-14H2,(H,26,32)(H,27,31)(H,28,33)(H,35,36)/t16-,17-,18-,19-/m0/s1. The number of carboxylic acids is 1. The molecule has 0 aromatic heterocycles. The molecule has 1 aromatic carbocycles. The van der Waals surface area contributed by atoms with E-state index in [-0.39, 0.29) is 31.5 Å². The van der Waals surface area contributed by atoms with Gasteiger partial charge in [0.15, 0.2) is 0 Å². The number of rotatable bonds is 11. The fourth-order valence-electron chi connectivity index (χ4n) is 4.45. The lowest BCUT2D eigenvalue weighted by Crippen LogP contribution is -2.58. The average molecular weight is 504 g/mol. The first-order valence-corrected chi connectivity index (χ1v) is 12.1. The number of aliphatic hydroxyl groups is 1. The van der Waals surface area contributed by atoms with Gasteiger partial charge in [-0.1, -0.05) is 30.3 Å². The van der Waals surface area contributed by atoms with Crippen LogP contribution in [0, 0.1) is 0 Å². The van der Waals surface area contributed by atoms with Crippen LogP contribution in [0.3, 0.4) is 0 Å². The molecule has 0 bridgehead atoms. The Bertz CT molecular complexity index is 951. The zero-order valence-electron chi connectivity index (χ0n) is 19.9. The van der Waals surface area contributed by atoms with Gasteiger partial charge in [-0.3, -0.25) is 19.2 Å². The minimum Gasteiger partial charge on any atom is -0.480 e. The molecule has 2 fully saturated rings. The zero-order valence-corrected chi connectivity index (χ0v) is 19.9. The van der Waals surface area contributed by atoms with E-state index in [1.165, 1.54) is 0 Å². The molecular formula is C24H33N5O7. The Labute approximate surface area is 208 Å². The van der Waals surface area contributed by atoms with E-state index >= 15 is 0 Å². The molecule has 4 amide bonds. The number of hydrogen-bond donors (Lipinski definition) is 6. The Morgan fingerprint density at radius 2 is 1.78 bits per heavy atom. The van der Waals surface area contributed by atoms with Gasteiger partial charge in [-0.25, -0.2) is 4.79 Å². The van der Waals surface area contributed by atoms with Gasteiger partial charge >= 0.3 is 5.97 Å². The van der Waals surface area contributed by atoms with E-state index < -0.39 is 48.4 Å². The summed E-state index contributed by atoms with van der Waals surface area (Å²) in [6, 6.07) is 5.09. The van der Waals surface area contributed by atoms with Crippen molar-refractivity contribution in [2.75, 3.05) is 26.2 Å². The molecule has 1 aromatic rings. The highest BCUT2D eigenvalue weighted by Gasteiger charge is 2.38. The summed E-state index contributed by atoms with van der Waals surface area (Å²) < 4.78 is 0. The number of nitrogens with one attached hydrogen (secondary N) is 4. The molecule has 196 valence electrons. The summed E-state index contributed by atoms with van der Waals surface area (Å²) in [5.74, 6) is -3.44. The van der Waals surface area contributed by atoms with E-state index in [9.17, 15) is 34.2 Å². The first kappa shape index (κ1) is 27.1. The molecule has 2 saturated heterocycles. The van der Waals surface area contributed by atoms with Gasteiger partial charge in [-0.15, -0.1) is 0 Å². The molecule has 12 nitrogen and oxygen atoms in total. The summed E-state index contributed by atoms with van der Waals surface area (Å²) in [7, 11) is 0. The molecule has 0 aliphatic carbocycles. The summed E-state index contributed by atoms with van der Waals surface area (Å²) in [4.78, 5) is 63.3. The number of aliphatic carboxylic acids is 1. The lowest BCUT2D eigenvalue weighted by molar-refractivity contribution is -0.150.